The van der Waals surface area contributed by atoms with Crippen LogP contribution in [0, 0.1) is 6.92 Å². The van der Waals surface area contributed by atoms with Crippen molar-refractivity contribution in [1.29, 1.82) is 0 Å². The Kier molecular flexibility index (Phi) is 4.72. The second-order valence-electron chi connectivity index (χ2n) is 4.96. The molecule has 0 radical (unpaired) electrons. The van der Waals surface area contributed by atoms with E-state index in [4.69, 9.17) is 0 Å². The van der Waals surface area contributed by atoms with Crippen molar-refractivity contribution in [3.05, 3.63) is 16.1 Å². The first kappa shape index (κ1) is 13.5. The first-order chi connectivity index (χ1) is 8.65. The van der Waals surface area contributed by atoms with Crippen molar-refractivity contribution in [3.8, 4) is 0 Å². The zero-order valence-electron chi connectivity index (χ0n) is 11.0. The number of nitrogens with zero attached hydrogens (tertiary/aromatic N) is 1. The highest BCUT2D eigenvalue weighted by molar-refractivity contribution is 7.11. The van der Waals surface area contributed by atoms with Crippen LogP contribution in [0.15, 0.2) is 6.20 Å². The molecule has 1 aliphatic carbocycles. The van der Waals surface area contributed by atoms with Gasteiger partial charge in [-0.15, -0.1) is 11.3 Å². The minimum absolute atomic E-state index is 0.00146. The molecule has 0 aliphatic heterocycles. The monoisotopic (exact) mass is 267 g/mol. The lowest BCUT2D eigenvalue weighted by molar-refractivity contribution is -0.121. The molecule has 4 nitrogen and oxygen atoms in total. The van der Waals surface area contributed by atoms with Gasteiger partial charge in [-0.05, 0) is 26.7 Å². The number of thiazole rings is 1. The zero-order chi connectivity index (χ0) is 13.0. The summed E-state index contributed by atoms with van der Waals surface area (Å²) < 4.78 is 0. The van der Waals surface area contributed by atoms with Gasteiger partial charge in [0, 0.05) is 17.1 Å². The Bertz CT molecular complexity index is 399. The van der Waals surface area contributed by atoms with Crippen LogP contribution in [0.4, 0.5) is 0 Å². The Morgan fingerprint density at radius 3 is 2.89 bits per heavy atom. The highest BCUT2D eigenvalue weighted by Crippen LogP contribution is 2.19. The van der Waals surface area contributed by atoms with Crippen molar-refractivity contribution in [2.24, 2.45) is 0 Å². The molecular weight excluding hydrogens is 246 g/mol. The van der Waals surface area contributed by atoms with Crippen LogP contribution in [0.5, 0.6) is 0 Å². The molecule has 0 spiro atoms. The zero-order valence-corrected chi connectivity index (χ0v) is 11.8. The average Bonchev–Trinajstić information content (AvgIpc) is 2.97. The van der Waals surface area contributed by atoms with E-state index in [1.54, 1.807) is 11.3 Å². The van der Waals surface area contributed by atoms with Crippen LogP contribution in [0.2, 0.25) is 0 Å². The smallest absolute Gasteiger partial charge is 0.234 e. The summed E-state index contributed by atoms with van der Waals surface area (Å²) in [5.74, 6) is 0.0576. The molecule has 0 saturated heterocycles. The lowest BCUT2D eigenvalue weighted by Gasteiger charge is -2.14. The van der Waals surface area contributed by atoms with Crippen LogP contribution in [0.25, 0.3) is 0 Å². The quantitative estimate of drug-likeness (QED) is 0.859. The summed E-state index contributed by atoms with van der Waals surface area (Å²) in [4.78, 5) is 17.3. The van der Waals surface area contributed by atoms with E-state index in [0.29, 0.717) is 12.6 Å². The van der Waals surface area contributed by atoms with E-state index in [9.17, 15) is 4.79 Å². The maximum absolute atomic E-state index is 11.8. The third-order valence-electron chi connectivity index (χ3n) is 3.29. The van der Waals surface area contributed by atoms with Crippen LogP contribution < -0.4 is 10.6 Å². The number of aromatic nitrogens is 1. The molecule has 2 rings (SSSR count). The summed E-state index contributed by atoms with van der Waals surface area (Å²) in [7, 11) is 0. The topological polar surface area (TPSA) is 54.0 Å². The average molecular weight is 267 g/mol. The molecule has 1 atom stereocenters. The first-order valence-electron chi connectivity index (χ1n) is 6.60. The van der Waals surface area contributed by atoms with Crippen LogP contribution in [-0.2, 0) is 4.79 Å². The lowest BCUT2D eigenvalue weighted by Crippen LogP contribution is -2.39. The Morgan fingerprint density at radius 1 is 1.56 bits per heavy atom. The van der Waals surface area contributed by atoms with Crippen molar-refractivity contribution in [2.45, 2.75) is 51.6 Å². The van der Waals surface area contributed by atoms with Crippen LogP contribution in [0.1, 0.15) is 48.5 Å². The van der Waals surface area contributed by atoms with Crippen LogP contribution >= 0.6 is 11.3 Å². The molecule has 1 amide bonds. The number of carbonyl (C=O) groups is 1. The third kappa shape index (κ3) is 3.78. The van der Waals surface area contributed by atoms with Gasteiger partial charge >= 0.3 is 0 Å². The van der Waals surface area contributed by atoms with E-state index in [1.807, 2.05) is 20.0 Å². The van der Waals surface area contributed by atoms with Gasteiger partial charge in [0.25, 0.3) is 0 Å². The molecule has 18 heavy (non-hydrogen) atoms. The molecule has 5 heteroatoms. The maximum atomic E-state index is 11.8. The second-order valence-corrected chi connectivity index (χ2v) is 6.23. The summed E-state index contributed by atoms with van der Waals surface area (Å²) in [6.07, 6.45) is 6.82. The molecule has 0 aromatic carbocycles. The highest BCUT2D eigenvalue weighted by atomic mass is 32.1. The normalized spacial score (nSPS) is 17.9. The van der Waals surface area contributed by atoms with E-state index in [-0.39, 0.29) is 11.9 Å². The van der Waals surface area contributed by atoms with Gasteiger partial charge < -0.3 is 10.6 Å². The summed E-state index contributed by atoms with van der Waals surface area (Å²) in [5, 5.41) is 7.27. The van der Waals surface area contributed by atoms with Crippen LogP contribution in [0.3, 0.4) is 0 Å². The number of rotatable bonds is 5. The molecule has 100 valence electrons. The van der Waals surface area contributed by atoms with Crippen molar-refractivity contribution in [1.82, 2.24) is 15.6 Å². The Hall–Kier alpha value is -0.940. The van der Waals surface area contributed by atoms with Gasteiger partial charge in [0.15, 0.2) is 0 Å². The first-order valence-corrected chi connectivity index (χ1v) is 7.42. The molecule has 1 aromatic rings. The van der Waals surface area contributed by atoms with Gasteiger partial charge in [0.2, 0.25) is 5.91 Å². The molecule has 1 aromatic heterocycles. The van der Waals surface area contributed by atoms with E-state index >= 15 is 0 Å². The molecular formula is C13H21N3OS. The van der Waals surface area contributed by atoms with E-state index in [0.717, 1.165) is 5.01 Å². The molecule has 2 N–H and O–H groups in total. The standard InChI is InChI=1S/C13H21N3OS/c1-9-7-15-13(18-9)10(2)16-12(17)8-14-11-5-3-4-6-11/h7,10-11,14H,3-6,8H2,1-2H3,(H,16,17). The highest BCUT2D eigenvalue weighted by Gasteiger charge is 2.17. The van der Waals surface area contributed by atoms with Gasteiger partial charge in [0.05, 0.1) is 12.6 Å². The van der Waals surface area contributed by atoms with E-state index in [1.165, 1.54) is 30.6 Å². The second kappa shape index (κ2) is 6.29. The molecule has 0 bridgehead atoms. The summed E-state index contributed by atoms with van der Waals surface area (Å²) >= 11 is 1.63. The molecule has 1 heterocycles. The van der Waals surface area contributed by atoms with Gasteiger partial charge in [-0.2, -0.15) is 0 Å². The Labute approximate surface area is 112 Å². The van der Waals surface area contributed by atoms with Gasteiger partial charge in [-0.25, -0.2) is 4.98 Å². The van der Waals surface area contributed by atoms with Gasteiger partial charge in [0.1, 0.15) is 5.01 Å². The fraction of sp³-hybridized carbons (Fsp3) is 0.692. The predicted molar refractivity (Wildman–Crippen MR) is 73.7 cm³/mol. The summed E-state index contributed by atoms with van der Waals surface area (Å²) in [6.45, 7) is 4.42. The number of amides is 1. The van der Waals surface area contributed by atoms with Crippen molar-refractivity contribution in [3.63, 3.8) is 0 Å². The Morgan fingerprint density at radius 2 is 2.28 bits per heavy atom. The fourth-order valence-electron chi connectivity index (χ4n) is 2.29. The van der Waals surface area contributed by atoms with Crippen molar-refractivity contribution >= 4 is 17.2 Å². The number of hydrogen-bond acceptors (Lipinski definition) is 4. The maximum Gasteiger partial charge on any atom is 0.234 e. The number of nitrogens with one attached hydrogen (secondary N) is 2. The summed E-state index contributed by atoms with van der Waals surface area (Å²) in [6, 6.07) is 0.537. The van der Waals surface area contributed by atoms with Crippen molar-refractivity contribution in [2.75, 3.05) is 6.54 Å². The largest absolute Gasteiger partial charge is 0.346 e. The van der Waals surface area contributed by atoms with Crippen molar-refractivity contribution < 1.29 is 4.79 Å². The van der Waals surface area contributed by atoms with Crippen LogP contribution in [-0.4, -0.2) is 23.5 Å². The van der Waals surface area contributed by atoms with E-state index < -0.39 is 0 Å². The van der Waals surface area contributed by atoms with Gasteiger partial charge in [-0.1, -0.05) is 12.8 Å². The summed E-state index contributed by atoms with van der Waals surface area (Å²) in [5.41, 5.74) is 0. The third-order valence-corrected chi connectivity index (χ3v) is 4.39. The number of hydrogen-bond donors (Lipinski definition) is 2. The SMILES string of the molecule is Cc1cnc(C(C)NC(=O)CNC2CCCC2)s1. The molecule has 1 fully saturated rings. The Balaban J connectivity index is 1.73. The number of aryl methyl sites for hydroxylation is 1. The molecule has 1 unspecified atom stereocenters. The molecule has 1 aliphatic rings. The number of carbonyl (C=O) groups excluding carboxylic acids is 1. The van der Waals surface area contributed by atoms with E-state index in [2.05, 4.69) is 15.6 Å². The minimum Gasteiger partial charge on any atom is -0.346 e. The lowest BCUT2D eigenvalue weighted by atomic mass is 10.2. The van der Waals surface area contributed by atoms with Gasteiger partial charge in [-0.3, -0.25) is 4.79 Å². The minimum atomic E-state index is 0.00146. The molecule has 1 saturated carbocycles. The predicted octanol–water partition coefficient (Wildman–Crippen LogP) is 2.16. The fourth-order valence-corrected chi connectivity index (χ4v) is 3.07.